The van der Waals surface area contributed by atoms with Gasteiger partial charge in [0.15, 0.2) is 0 Å². The lowest BCUT2D eigenvalue weighted by Crippen LogP contribution is -2.42. The topological polar surface area (TPSA) is 86.7 Å². The molecule has 2 aromatic carbocycles. The van der Waals surface area contributed by atoms with Crippen molar-refractivity contribution >= 4 is 42.7 Å². The molecule has 0 spiro atoms. The molecule has 0 bridgehead atoms. The summed E-state index contributed by atoms with van der Waals surface area (Å²) in [5, 5.41) is 13.2. The zero-order valence-corrected chi connectivity index (χ0v) is 22.4. The fraction of sp³-hybridized carbons (Fsp3) is 0.480. The minimum Gasteiger partial charge on any atom is -0.392 e. The van der Waals surface area contributed by atoms with Gasteiger partial charge in [0.1, 0.15) is 9.84 Å². The Morgan fingerprint density at radius 1 is 1.15 bits per heavy atom. The van der Waals surface area contributed by atoms with Crippen molar-refractivity contribution in [2.45, 2.75) is 43.2 Å². The summed E-state index contributed by atoms with van der Waals surface area (Å²) in [4.78, 5) is 15.7. The van der Waals surface area contributed by atoms with Crippen LogP contribution in [0.15, 0.2) is 54.6 Å². The normalized spacial score (nSPS) is 20.0. The van der Waals surface area contributed by atoms with E-state index in [-0.39, 0.29) is 50.8 Å². The van der Waals surface area contributed by atoms with Crippen LogP contribution in [0.2, 0.25) is 0 Å². The summed E-state index contributed by atoms with van der Waals surface area (Å²) < 4.78 is 23.1. The Bertz CT molecular complexity index is 1060. The van der Waals surface area contributed by atoms with E-state index in [9.17, 15) is 18.3 Å². The Morgan fingerprint density at radius 2 is 1.85 bits per heavy atom. The number of sulfone groups is 1. The van der Waals surface area contributed by atoms with Crippen LogP contribution in [0, 0.1) is 0 Å². The van der Waals surface area contributed by atoms with Gasteiger partial charge in [-0.25, -0.2) is 8.42 Å². The standard InChI is InChI=1S/C25H32N2O4S.2H2S/c1-32(30,31)15-11-19-6-5-9-21(16-19)25(12-13-25)24(29)26-23(20-7-3-2-4-8-20)18-27-14-10-22(28)17-27;;/h2-9,16,22-23,28H,10-15,17-18H2,1H3,(H,26,29);2*1H2/t22-,23+;;/m0../s1. The molecule has 6 nitrogen and oxygen atoms in total. The van der Waals surface area contributed by atoms with Gasteiger partial charge < -0.3 is 10.4 Å². The van der Waals surface area contributed by atoms with Gasteiger partial charge in [0, 0.05) is 25.9 Å². The molecule has 2 fully saturated rings. The number of likely N-dealkylation sites (tertiary alicyclic amines) is 1. The largest absolute Gasteiger partial charge is 0.392 e. The van der Waals surface area contributed by atoms with E-state index in [1.807, 2.05) is 54.6 Å². The lowest BCUT2D eigenvalue weighted by Gasteiger charge is -2.27. The predicted molar refractivity (Wildman–Crippen MR) is 146 cm³/mol. The fourth-order valence-electron chi connectivity index (χ4n) is 4.55. The van der Waals surface area contributed by atoms with Crippen LogP contribution in [-0.4, -0.2) is 62.1 Å². The fourth-order valence-corrected chi connectivity index (χ4v) is 5.16. The number of nitrogens with one attached hydrogen (secondary N) is 1. The molecule has 2 aliphatic rings. The first-order valence-corrected chi connectivity index (χ1v) is 13.3. The molecule has 2 N–H and O–H groups in total. The number of aliphatic hydroxyl groups excluding tert-OH is 1. The quantitative estimate of drug-likeness (QED) is 0.526. The van der Waals surface area contributed by atoms with Crippen LogP contribution in [0.1, 0.15) is 42.0 Å². The van der Waals surface area contributed by atoms with E-state index in [2.05, 4.69) is 10.2 Å². The van der Waals surface area contributed by atoms with Gasteiger partial charge in [0.2, 0.25) is 5.91 Å². The Kier molecular flexibility index (Phi) is 10.1. The summed E-state index contributed by atoms with van der Waals surface area (Å²) in [7, 11) is -3.04. The number of aryl methyl sites for hydroxylation is 1. The molecule has 0 unspecified atom stereocenters. The Balaban J connectivity index is 0.00000204. The van der Waals surface area contributed by atoms with E-state index in [4.69, 9.17) is 0 Å². The molecule has 2 aromatic rings. The monoisotopic (exact) mass is 524 g/mol. The minimum atomic E-state index is -3.04. The summed E-state index contributed by atoms with van der Waals surface area (Å²) in [5.74, 6) is 0.124. The highest BCUT2D eigenvalue weighted by molar-refractivity contribution is 7.90. The van der Waals surface area contributed by atoms with E-state index < -0.39 is 15.3 Å². The van der Waals surface area contributed by atoms with Crippen LogP contribution in [-0.2, 0) is 26.5 Å². The second-order valence-corrected chi connectivity index (χ2v) is 11.6. The van der Waals surface area contributed by atoms with E-state index >= 15 is 0 Å². The zero-order valence-electron chi connectivity index (χ0n) is 19.5. The molecule has 0 radical (unpaired) electrons. The highest BCUT2D eigenvalue weighted by Gasteiger charge is 2.51. The number of benzene rings is 2. The molecule has 2 atom stereocenters. The second kappa shape index (κ2) is 11.9. The molecule has 4 rings (SSSR count). The smallest absolute Gasteiger partial charge is 0.231 e. The van der Waals surface area contributed by atoms with Crippen LogP contribution in [0.3, 0.4) is 0 Å². The third-order valence-corrected chi connectivity index (χ3v) is 7.57. The van der Waals surface area contributed by atoms with E-state index in [0.717, 1.165) is 42.5 Å². The summed E-state index contributed by atoms with van der Waals surface area (Å²) >= 11 is 0. The Morgan fingerprint density at radius 3 is 2.44 bits per heavy atom. The molecule has 1 amide bonds. The molecule has 188 valence electrons. The molecular weight excluding hydrogens is 488 g/mol. The SMILES string of the molecule is CS(=O)(=O)CCc1cccc(C2(C(=O)N[C@H](CN3CC[C@H](O)C3)c3ccccc3)CC2)c1.S.S. The summed E-state index contributed by atoms with van der Waals surface area (Å²) in [6, 6.07) is 17.6. The maximum atomic E-state index is 13.5. The second-order valence-electron chi connectivity index (χ2n) is 9.30. The van der Waals surface area contributed by atoms with Crippen LogP contribution in [0.4, 0.5) is 0 Å². The molecule has 9 heteroatoms. The summed E-state index contributed by atoms with van der Waals surface area (Å²) in [5.41, 5.74) is 2.42. The first kappa shape index (κ1) is 28.7. The predicted octanol–water partition coefficient (Wildman–Crippen LogP) is 2.46. The van der Waals surface area contributed by atoms with Gasteiger partial charge >= 0.3 is 0 Å². The molecule has 1 heterocycles. The van der Waals surface area contributed by atoms with E-state index in [0.29, 0.717) is 19.5 Å². The summed E-state index contributed by atoms with van der Waals surface area (Å²) in [6.45, 7) is 2.12. The Labute approximate surface area is 216 Å². The van der Waals surface area contributed by atoms with E-state index in [1.165, 1.54) is 6.26 Å². The summed E-state index contributed by atoms with van der Waals surface area (Å²) in [6.07, 6.45) is 3.74. The number of β-amino-alcohol motifs (C(OH)–C–C–N with tert-alkyl or cyclic N) is 1. The van der Waals surface area contributed by atoms with Gasteiger partial charge in [-0.05, 0) is 42.4 Å². The molecule has 1 saturated heterocycles. The van der Waals surface area contributed by atoms with Crippen LogP contribution in [0.25, 0.3) is 0 Å². The number of amides is 1. The van der Waals surface area contributed by atoms with Crippen molar-refractivity contribution in [3.05, 3.63) is 71.3 Å². The number of hydrogen-bond donors (Lipinski definition) is 2. The van der Waals surface area contributed by atoms with Crippen LogP contribution in [0.5, 0.6) is 0 Å². The molecule has 1 saturated carbocycles. The van der Waals surface area contributed by atoms with Gasteiger partial charge in [-0.1, -0.05) is 54.6 Å². The van der Waals surface area contributed by atoms with E-state index in [1.54, 1.807) is 0 Å². The van der Waals surface area contributed by atoms with Crippen molar-refractivity contribution in [2.24, 2.45) is 0 Å². The van der Waals surface area contributed by atoms with Gasteiger partial charge in [0.05, 0.1) is 23.3 Å². The first-order valence-electron chi connectivity index (χ1n) is 11.3. The van der Waals surface area contributed by atoms with Gasteiger partial charge in [0.25, 0.3) is 0 Å². The molecule has 34 heavy (non-hydrogen) atoms. The average Bonchev–Trinajstić information content (AvgIpc) is 3.49. The number of rotatable bonds is 9. The van der Waals surface area contributed by atoms with Crippen molar-refractivity contribution in [2.75, 3.05) is 31.6 Å². The van der Waals surface area contributed by atoms with Crippen LogP contribution >= 0.6 is 27.0 Å². The van der Waals surface area contributed by atoms with Crippen LogP contribution < -0.4 is 5.32 Å². The number of carbonyl (C=O) groups excluding carboxylic acids is 1. The third-order valence-electron chi connectivity index (χ3n) is 6.62. The molecule has 1 aliphatic heterocycles. The zero-order chi connectivity index (χ0) is 22.8. The van der Waals surface area contributed by atoms with Gasteiger partial charge in [-0.3, -0.25) is 9.69 Å². The third kappa shape index (κ3) is 7.24. The minimum absolute atomic E-state index is 0. The van der Waals surface area contributed by atoms with Crippen molar-refractivity contribution in [3.8, 4) is 0 Å². The highest BCUT2D eigenvalue weighted by Crippen LogP contribution is 2.49. The molecule has 0 aromatic heterocycles. The maximum Gasteiger partial charge on any atom is 0.231 e. The van der Waals surface area contributed by atoms with Crippen molar-refractivity contribution < 1.29 is 18.3 Å². The lowest BCUT2D eigenvalue weighted by molar-refractivity contribution is -0.124. The lowest BCUT2D eigenvalue weighted by atomic mass is 9.92. The number of nitrogens with zero attached hydrogens (tertiary/aromatic N) is 1. The van der Waals surface area contributed by atoms with Crippen molar-refractivity contribution in [1.82, 2.24) is 10.2 Å². The van der Waals surface area contributed by atoms with Crippen molar-refractivity contribution in [3.63, 3.8) is 0 Å². The highest BCUT2D eigenvalue weighted by atomic mass is 32.2. The molecule has 1 aliphatic carbocycles. The van der Waals surface area contributed by atoms with Crippen molar-refractivity contribution in [1.29, 1.82) is 0 Å². The Hall–Kier alpha value is -1.52. The number of hydrogen-bond acceptors (Lipinski definition) is 5. The van der Waals surface area contributed by atoms with Gasteiger partial charge in [-0.2, -0.15) is 27.0 Å². The average molecular weight is 525 g/mol. The maximum absolute atomic E-state index is 13.5. The molecular formula is C25H36N2O4S3. The number of carbonyl (C=O) groups is 1. The van der Waals surface area contributed by atoms with Gasteiger partial charge in [-0.15, -0.1) is 0 Å². The first-order chi connectivity index (χ1) is 15.2. The number of aliphatic hydroxyl groups is 1.